The van der Waals surface area contributed by atoms with Crippen LogP contribution in [-0.2, 0) is 14.3 Å². The second-order valence-electron chi connectivity index (χ2n) is 4.89. The molecule has 5 nitrogen and oxygen atoms in total. The molecule has 1 aliphatic rings. The van der Waals surface area contributed by atoms with Gasteiger partial charge >= 0.3 is 5.97 Å². The van der Waals surface area contributed by atoms with E-state index in [-0.39, 0.29) is 25.0 Å². The van der Waals surface area contributed by atoms with E-state index >= 15 is 0 Å². The lowest BCUT2D eigenvalue weighted by Crippen LogP contribution is -2.47. The molecule has 1 saturated heterocycles. The van der Waals surface area contributed by atoms with Gasteiger partial charge in [-0.15, -0.1) is 0 Å². The molecule has 5 heteroatoms. The number of carbonyl (C=O) groups is 2. The Kier molecular flexibility index (Phi) is 5.41. The van der Waals surface area contributed by atoms with Crippen LogP contribution in [0, 0.1) is 5.92 Å². The van der Waals surface area contributed by atoms with Crippen molar-refractivity contribution in [1.82, 2.24) is 4.90 Å². The van der Waals surface area contributed by atoms with Gasteiger partial charge in [0.25, 0.3) is 0 Å². The predicted octanol–water partition coefficient (Wildman–Crippen LogP) is 1.12. The van der Waals surface area contributed by atoms with Crippen LogP contribution in [0.1, 0.15) is 33.1 Å². The van der Waals surface area contributed by atoms with E-state index in [0.29, 0.717) is 18.9 Å². The highest BCUT2D eigenvalue weighted by molar-refractivity contribution is 5.78. The summed E-state index contributed by atoms with van der Waals surface area (Å²) >= 11 is 0. The third-order valence-electron chi connectivity index (χ3n) is 2.88. The van der Waals surface area contributed by atoms with E-state index in [4.69, 9.17) is 9.84 Å². The lowest BCUT2D eigenvalue weighted by atomic mass is 10.1. The number of nitrogens with zero attached hydrogens (tertiary/aromatic N) is 1. The molecule has 1 unspecified atom stereocenters. The number of amides is 1. The molecule has 1 amide bonds. The summed E-state index contributed by atoms with van der Waals surface area (Å²) in [5.41, 5.74) is 0. The highest BCUT2D eigenvalue weighted by Crippen LogP contribution is 2.13. The van der Waals surface area contributed by atoms with Gasteiger partial charge < -0.3 is 14.7 Å². The number of rotatable bonds is 6. The van der Waals surface area contributed by atoms with E-state index in [1.54, 1.807) is 4.90 Å². The van der Waals surface area contributed by atoms with Crippen molar-refractivity contribution in [1.29, 1.82) is 0 Å². The van der Waals surface area contributed by atoms with Crippen molar-refractivity contribution in [2.24, 2.45) is 5.92 Å². The summed E-state index contributed by atoms with van der Waals surface area (Å²) in [6, 6.07) is 0. The summed E-state index contributed by atoms with van der Waals surface area (Å²) in [5.74, 6) is -0.250. The maximum absolute atomic E-state index is 11.6. The Balaban J connectivity index is 2.36. The molecule has 0 aliphatic carbocycles. The third-order valence-corrected chi connectivity index (χ3v) is 2.88. The minimum Gasteiger partial charge on any atom is -0.481 e. The van der Waals surface area contributed by atoms with Gasteiger partial charge in [0.15, 0.2) is 0 Å². The Morgan fingerprint density at radius 3 is 2.88 bits per heavy atom. The molecule has 17 heavy (non-hydrogen) atoms. The van der Waals surface area contributed by atoms with E-state index in [2.05, 4.69) is 13.8 Å². The minimum absolute atomic E-state index is 0.0113. The molecule has 1 aliphatic heterocycles. The quantitative estimate of drug-likeness (QED) is 0.759. The van der Waals surface area contributed by atoms with E-state index in [9.17, 15) is 9.59 Å². The fraction of sp³-hybridized carbons (Fsp3) is 0.833. The smallest absolute Gasteiger partial charge is 0.303 e. The molecule has 1 fully saturated rings. The number of carboxylic acids is 1. The van der Waals surface area contributed by atoms with Gasteiger partial charge in [-0.25, -0.2) is 0 Å². The molecule has 0 bridgehead atoms. The average molecular weight is 243 g/mol. The molecule has 0 spiro atoms. The van der Waals surface area contributed by atoms with Crippen molar-refractivity contribution in [3.63, 3.8) is 0 Å². The summed E-state index contributed by atoms with van der Waals surface area (Å²) in [5, 5.41) is 8.60. The molecule has 1 heterocycles. The molecule has 1 atom stereocenters. The van der Waals surface area contributed by atoms with Crippen LogP contribution in [0.3, 0.4) is 0 Å². The number of carboxylic acid groups (broad SMARTS) is 1. The van der Waals surface area contributed by atoms with Crippen molar-refractivity contribution in [2.75, 3.05) is 19.7 Å². The number of hydrogen-bond acceptors (Lipinski definition) is 3. The van der Waals surface area contributed by atoms with E-state index in [1.165, 1.54) is 0 Å². The first-order valence-corrected chi connectivity index (χ1v) is 6.10. The van der Waals surface area contributed by atoms with E-state index in [1.807, 2.05) is 0 Å². The van der Waals surface area contributed by atoms with Gasteiger partial charge in [0, 0.05) is 19.5 Å². The van der Waals surface area contributed by atoms with Crippen LogP contribution in [0.5, 0.6) is 0 Å². The zero-order chi connectivity index (χ0) is 12.8. The standard InChI is InChI=1S/C12H21NO4/c1-9(2)5-6-13-7-10(3-4-12(15)16)17-8-11(13)14/h9-10H,3-8H2,1-2H3,(H,15,16). The molecular formula is C12H21NO4. The second kappa shape index (κ2) is 6.59. The van der Waals surface area contributed by atoms with Crippen LogP contribution in [0.15, 0.2) is 0 Å². The summed E-state index contributed by atoms with van der Waals surface area (Å²) in [4.78, 5) is 23.8. The van der Waals surface area contributed by atoms with Gasteiger partial charge in [0.05, 0.1) is 6.10 Å². The number of ether oxygens (including phenoxy) is 1. The number of hydrogen-bond donors (Lipinski definition) is 1. The molecule has 0 saturated carbocycles. The fourth-order valence-electron chi connectivity index (χ4n) is 1.77. The number of aliphatic carboxylic acids is 1. The molecule has 1 rings (SSSR count). The summed E-state index contributed by atoms with van der Waals surface area (Å²) in [6.45, 7) is 5.59. The Morgan fingerprint density at radius 2 is 2.29 bits per heavy atom. The molecule has 1 N–H and O–H groups in total. The summed E-state index contributed by atoms with van der Waals surface area (Å²) in [7, 11) is 0. The van der Waals surface area contributed by atoms with Gasteiger partial charge in [-0.2, -0.15) is 0 Å². The molecular weight excluding hydrogens is 222 g/mol. The highest BCUT2D eigenvalue weighted by atomic mass is 16.5. The Morgan fingerprint density at radius 1 is 1.59 bits per heavy atom. The zero-order valence-electron chi connectivity index (χ0n) is 10.5. The van der Waals surface area contributed by atoms with Gasteiger partial charge in [-0.3, -0.25) is 9.59 Å². The van der Waals surface area contributed by atoms with Gasteiger partial charge in [0.2, 0.25) is 5.91 Å². The average Bonchev–Trinajstić information content (AvgIpc) is 2.26. The Labute approximate surface area is 102 Å². The molecule has 98 valence electrons. The lowest BCUT2D eigenvalue weighted by Gasteiger charge is -2.33. The number of morpholine rings is 1. The Bertz CT molecular complexity index is 278. The first-order valence-electron chi connectivity index (χ1n) is 6.10. The lowest BCUT2D eigenvalue weighted by molar-refractivity contribution is -0.150. The predicted molar refractivity (Wildman–Crippen MR) is 62.6 cm³/mol. The molecule has 0 aromatic heterocycles. The maximum Gasteiger partial charge on any atom is 0.303 e. The van der Waals surface area contributed by atoms with Crippen molar-refractivity contribution in [3.05, 3.63) is 0 Å². The first-order chi connectivity index (χ1) is 7.99. The van der Waals surface area contributed by atoms with Gasteiger partial charge in [-0.1, -0.05) is 13.8 Å². The minimum atomic E-state index is -0.820. The van der Waals surface area contributed by atoms with Crippen LogP contribution in [0.2, 0.25) is 0 Å². The molecule has 0 aromatic carbocycles. The topological polar surface area (TPSA) is 66.8 Å². The van der Waals surface area contributed by atoms with Crippen molar-refractivity contribution >= 4 is 11.9 Å². The zero-order valence-corrected chi connectivity index (χ0v) is 10.5. The largest absolute Gasteiger partial charge is 0.481 e. The molecule has 0 radical (unpaired) electrons. The fourth-order valence-corrected chi connectivity index (χ4v) is 1.77. The second-order valence-corrected chi connectivity index (χ2v) is 4.89. The highest BCUT2D eigenvalue weighted by Gasteiger charge is 2.26. The normalized spacial score (nSPS) is 21.0. The first kappa shape index (κ1) is 14.0. The van der Waals surface area contributed by atoms with Crippen LogP contribution >= 0.6 is 0 Å². The summed E-state index contributed by atoms with van der Waals surface area (Å²) in [6.07, 6.45) is 1.41. The van der Waals surface area contributed by atoms with Gasteiger partial charge in [-0.05, 0) is 18.8 Å². The van der Waals surface area contributed by atoms with Crippen molar-refractivity contribution in [2.45, 2.75) is 39.2 Å². The third kappa shape index (κ3) is 5.17. The van der Waals surface area contributed by atoms with Crippen molar-refractivity contribution < 1.29 is 19.4 Å². The Hall–Kier alpha value is -1.10. The number of carbonyl (C=O) groups excluding carboxylic acids is 1. The maximum atomic E-state index is 11.6. The van der Waals surface area contributed by atoms with Crippen LogP contribution in [0.4, 0.5) is 0 Å². The van der Waals surface area contributed by atoms with Crippen LogP contribution in [-0.4, -0.2) is 47.7 Å². The van der Waals surface area contributed by atoms with Crippen molar-refractivity contribution in [3.8, 4) is 0 Å². The van der Waals surface area contributed by atoms with Crippen LogP contribution in [0.25, 0.3) is 0 Å². The SMILES string of the molecule is CC(C)CCN1CC(CCC(=O)O)OCC1=O. The van der Waals surface area contributed by atoms with Gasteiger partial charge in [0.1, 0.15) is 6.61 Å². The van der Waals surface area contributed by atoms with Crippen LogP contribution < -0.4 is 0 Å². The van der Waals surface area contributed by atoms with E-state index < -0.39 is 5.97 Å². The summed E-state index contributed by atoms with van der Waals surface area (Å²) < 4.78 is 5.32. The molecule has 0 aromatic rings. The monoisotopic (exact) mass is 243 g/mol. The van der Waals surface area contributed by atoms with E-state index in [0.717, 1.165) is 13.0 Å².